The number of nitrogen functional groups attached to an aromatic ring is 1. The molecular weight excluding hydrogens is 206 g/mol. The van der Waals surface area contributed by atoms with Gasteiger partial charge in [0, 0.05) is 10.9 Å². The number of nitriles is 1. The molecule has 0 radical (unpaired) electrons. The van der Waals surface area contributed by atoms with E-state index in [1.54, 1.807) is 6.07 Å². The zero-order valence-corrected chi connectivity index (χ0v) is 9.01. The molecule has 0 spiro atoms. The number of benzene rings is 1. The second-order valence-electron chi connectivity index (χ2n) is 3.16. The predicted molar refractivity (Wildman–Crippen MR) is 61.4 cm³/mol. The third-order valence-corrected chi connectivity index (χ3v) is 2.93. The highest BCUT2D eigenvalue weighted by Crippen LogP contribution is 2.27. The van der Waals surface area contributed by atoms with Gasteiger partial charge in [-0.15, -0.1) is 11.3 Å². The summed E-state index contributed by atoms with van der Waals surface area (Å²) in [6.45, 7) is 1.92. The van der Waals surface area contributed by atoms with Crippen LogP contribution in [0.25, 0.3) is 11.3 Å². The molecular formula is C11H9N3S. The number of anilines is 1. The van der Waals surface area contributed by atoms with Crippen LogP contribution < -0.4 is 5.73 Å². The number of aromatic nitrogens is 1. The molecule has 4 heteroatoms. The highest BCUT2D eigenvalue weighted by molar-refractivity contribution is 7.13. The van der Waals surface area contributed by atoms with Gasteiger partial charge in [0.05, 0.1) is 17.3 Å². The molecule has 0 bridgehead atoms. The van der Waals surface area contributed by atoms with E-state index in [0.717, 1.165) is 16.8 Å². The Bertz CT molecular complexity index is 537. The van der Waals surface area contributed by atoms with Gasteiger partial charge in [0.1, 0.15) is 0 Å². The number of nitrogens with zero attached hydrogens (tertiary/aromatic N) is 2. The molecule has 2 aromatic rings. The normalized spacial score (nSPS) is 9.87. The molecule has 0 fully saturated rings. The van der Waals surface area contributed by atoms with Crippen molar-refractivity contribution in [1.29, 1.82) is 5.26 Å². The Labute approximate surface area is 91.8 Å². The van der Waals surface area contributed by atoms with E-state index in [1.165, 1.54) is 11.3 Å². The molecule has 1 heterocycles. The van der Waals surface area contributed by atoms with E-state index in [-0.39, 0.29) is 0 Å². The van der Waals surface area contributed by atoms with E-state index >= 15 is 0 Å². The van der Waals surface area contributed by atoms with Crippen molar-refractivity contribution >= 4 is 16.5 Å². The van der Waals surface area contributed by atoms with Crippen LogP contribution in [-0.4, -0.2) is 4.98 Å². The van der Waals surface area contributed by atoms with E-state index in [4.69, 9.17) is 11.0 Å². The minimum Gasteiger partial charge on any atom is -0.375 e. The fourth-order valence-electron chi connectivity index (χ4n) is 1.45. The molecule has 0 unspecified atom stereocenters. The molecule has 1 aromatic heterocycles. The average Bonchev–Trinajstić information content (AvgIpc) is 2.65. The van der Waals surface area contributed by atoms with Gasteiger partial charge in [0.15, 0.2) is 5.13 Å². The summed E-state index contributed by atoms with van der Waals surface area (Å²) in [5, 5.41) is 11.4. The molecule has 2 N–H and O–H groups in total. The lowest BCUT2D eigenvalue weighted by atomic mass is 10.0. The van der Waals surface area contributed by atoms with Gasteiger partial charge in [-0.3, -0.25) is 0 Å². The largest absolute Gasteiger partial charge is 0.375 e. The summed E-state index contributed by atoms with van der Waals surface area (Å²) in [5.41, 5.74) is 9.02. The molecule has 0 amide bonds. The van der Waals surface area contributed by atoms with Crippen LogP contribution in [0.1, 0.15) is 11.1 Å². The molecule has 74 valence electrons. The van der Waals surface area contributed by atoms with Gasteiger partial charge in [-0.05, 0) is 18.6 Å². The molecule has 1 aromatic carbocycles. The molecule has 0 atom stereocenters. The van der Waals surface area contributed by atoms with Gasteiger partial charge >= 0.3 is 0 Å². The van der Waals surface area contributed by atoms with Gasteiger partial charge in [-0.25, -0.2) is 4.98 Å². The summed E-state index contributed by atoms with van der Waals surface area (Å²) >= 11 is 1.41. The Morgan fingerprint density at radius 2 is 2.27 bits per heavy atom. The quantitative estimate of drug-likeness (QED) is 0.795. The van der Waals surface area contributed by atoms with Gasteiger partial charge in [-0.1, -0.05) is 12.1 Å². The maximum absolute atomic E-state index is 8.90. The van der Waals surface area contributed by atoms with Crippen molar-refractivity contribution in [3.05, 3.63) is 34.7 Å². The fraction of sp³-hybridized carbons (Fsp3) is 0.0909. The van der Waals surface area contributed by atoms with Gasteiger partial charge in [0.2, 0.25) is 0 Å². The molecule has 0 aliphatic heterocycles. The van der Waals surface area contributed by atoms with Crippen molar-refractivity contribution in [2.24, 2.45) is 0 Å². The Kier molecular flexibility index (Phi) is 2.40. The van der Waals surface area contributed by atoms with E-state index in [2.05, 4.69) is 11.1 Å². The predicted octanol–water partition coefficient (Wildman–Crippen LogP) is 2.57. The Hall–Kier alpha value is -1.86. The third kappa shape index (κ3) is 1.69. The average molecular weight is 215 g/mol. The van der Waals surface area contributed by atoms with Crippen LogP contribution in [0, 0.1) is 18.3 Å². The van der Waals surface area contributed by atoms with E-state index in [0.29, 0.717) is 10.7 Å². The summed E-state index contributed by atoms with van der Waals surface area (Å²) in [4.78, 5) is 4.20. The lowest BCUT2D eigenvalue weighted by Gasteiger charge is -2.03. The molecule has 0 aliphatic carbocycles. The Morgan fingerprint density at radius 3 is 2.87 bits per heavy atom. The smallest absolute Gasteiger partial charge is 0.180 e. The number of hydrogen-bond donors (Lipinski definition) is 1. The van der Waals surface area contributed by atoms with Crippen molar-refractivity contribution in [3.63, 3.8) is 0 Å². The van der Waals surface area contributed by atoms with Gasteiger partial charge in [-0.2, -0.15) is 5.26 Å². The topological polar surface area (TPSA) is 62.7 Å². The molecule has 0 saturated carbocycles. The van der Waals surface area contributed by atoms with Crippen LogP contribution in [0.4, 0.5) is 5.13 Å². The standard InChI is InChI=1S/C11H9N3S/c1-7-8(5-12)3-2-4-9(7)10-6-15-11(13)14-10/h2-4,6H,1H3,(H2,13,14). The lowest BCUT2D eigenvalue weighted by molar-refractivity contribution is 1.35. The monoisotopic (exact) mass is 215 g/mol. The van der Waals surface area contributed by atoms with Crippen molar-refractivity contribution in [2.75, 3.05) is 5.73 Å². The Balaban J connectivity index is 2.59. The first-order valence-electron chi connectivity index (χ1n) is 4.43. The van der Waals surface area contributed by atoms with E-state index in [1.807, 2.05) is 24.4 Å². The van der Waals surface area contributed by atoms with Gasteiger partial charge in [0.25, 0.3) is 0 Å². The van der Waals surface area contributed by atoms with Gasteiger partial charge < -0.3 is 5.73 Å². The van der Waals surface area contributed by atoms with Crippen LogP contribution in [-0.2, 0) is 0 Å². The van der Waals surface area contributed by atoms with Crippen molar-refractivity contribution in [2.45, 2.75) is 6.92 Å². The second-order valence-corrected chi connectivity index (χ2v) is 4.05. The van der Waals surface area contributed by atoms with Crippen LogP contribution in [0.3, 0.4) is 0 Å². The minimum atomic E-state index is 0.548. The number of hydrogen-bond acceptors (Lipinski definition) is 4. The van der Waals surface area contributed by atoms with E-state index in [9.17, 15) is 0 Å². The van der Waals surface area contributed by atoms with Crippen molar-refractivity contribution in [1.82, 2.24) is 4.98 Å². The first-order valence-corrected chi connectivity index (χ1v) is 5.31. The van der Waals surface area contributed by atoms with Crippen LogP contribution in [0.5, 0.6) is 0 Å². The summed E-state index contributed by atoms with van der Waals surface area (Å²) in [7, 11) is 0. The molecule has 0 saturated heterocycles. The van der Waals surface area contributed by atoms with Crippen LogP contribution >= 0.6 is 11.3 Å². The van der Waals surface area contributed by atoms with Crippen LogP contribution in [0.2, 0.25) is 0 Å². The number of nitrogens with two attached hydrogens (primary N) is 1. The molecule has 2 rings (SSSR count). The molecule has 0 aliphatic rings. The van der Waals surface area contributed by atoms with Crippen molar-refractivity contribution < 1.29 is 0 Å². The summed E-state index contributed by atoms with van der Waals surface area (Å²) in [6.07, 6.45) is 0. The second kappa shape index (κ2) is 3.71. The molecule has 15 heavy (non-hydrogen) atoms. The van der Waals surface area contributed by atoms with E-state index < -0.39 is 0 Å². The highest BCUT2D eigenvalue weighted by atomic mass is 32.1. The first-order chi connectivity index (χ1) is 7.22. The zero-order chi connectivity index (χ0) is 10.8. The highest BCUT2D eigenvalue weighted by Gasteiger charge is 2.08. The maximum atomic E-state index is 8.90. The fourth-order valence-corrected chi connectivity index (χ4v) is 2.01. The summed E-state index contributed by atoms with van der Waals surface area (Å²) < 4.78 is 0. The number of rotatable bonds is 1. The summed E-state index contributed by atoms with van der Waals surface area (Å²) in [6, 6.07) is 7.76. The summed E-state index contributed by atoms with van der Waals surface area (Å²) in [5.74, 6) is 0. The van der Waals surface area contributed by atoms with Crippen LogP contribution in [0.15, 0.2) is 23.6 Å². The SMILES string of the molecule is Cc1c(C#N)cccc1-c1csc(N)n1. The maximum Gasteiger partial charge on any atom is 0.180 e. The third-order valence-electron chi connectivity index (χ3n) is 2.25. The zero-order valence-electron chi connectivity index (χ0n) is 8.19. The Morgan fingerprint density at radius 1 is 1.47 bits per heavy atom. The number of thiazole rings is 1. The lowest BCUT2D eigenvalue weighted by Crippen LogP contribution is -1.89. The molecule has 3 nitrogen and oxygen atoms in total. The first kappa shape index (κ1) is 9.69. The minimum absolute atomic E-state index is 0.548. The van der Waals surface area contributed by atoms with Crippen molar-refractivity contribution in [3.8, 4) is 17.3 Å².